The minimum atomic E-state index is -3.51. The Morgan fingerprint density at radius 1 is 1.42 bits per heavy atom. The molecule has 0 aliphatic heterocycles. The van der Waals surface area contributed by atoms with Crippen molar-refractivity contribution in [3.05, 3.63) is 18.2 Å². The lowest BCUT2D eigenvalue weighted by Crippen LogP contribution is -2.34. The number of methoxy groups -OCH3 is 1. The molecule has 1 aromatic rings. The summed E-state index contributed by atoms with van der Waals surface area (Å²) in [4.78, 5) is 0.199. The van der Waals surface area contributed by atoms with Crippen LogP contribution in [0.25, 0.3) is 0 Å². The van der Waals surface area contributed by atoms with Gasteiger partial charge in [0.1, 0.15) is 10.6 Å². The number of hydrogen-bond acceptors (Lipinski definition) is 4. The third kappa shape index (κ3) is 2.84. The predicted octanol–water partition coefficient (Wildman–Crippen LogP) is 1.84. The van der Waals surface area contributed by atoms with Gasteiger partial charge in [0.25, 0.3) is 0 Å². The van der Waals surface area contributed by atoms with E-state index in [4.69, 9.17) is 10.5 Å². The van der Waals surface area contributed by atoms with Crippen LogP contribution in [0.3, 0.4) is 0 Å². The molecule has 0 radical (unpaired) electrons. The normalized spacial score (nSPS) is 15.7. The van der Waals surface area contributed by atoms with E-state index < -0.39 is 10.0 Å². The van der Waals surface area contributed by atoms with Crippen LogP contribution >= 0.6 is 0 Å². The molecule has 5 nitrogen and oxygen atoms in total. The fourth-order valence-electron chi connectivity index (χ4n) is 2.11. The lowest BCUT2D eigenvalue weighted by molar-refractivity contribution is 0.384. The van der Waals surface area contributed by atoms with Gasteiger partial charge in [0.15, 0.2) is 0 Å². The monoisotopic (exact) mass is 284 g/mol. The first-order valence-electron chi connectivity index (χ1n) is 6.46. The third-order valence-corrected chi connectivity index (χ3v) is 5.16. The molecule has 0 aromatic heterocycles. The maximum atomic E-state index is 12.7. The van der Waals surface area contributed by atoms with Crippen molar-refractivity contribution >= 4 is 15.7 Å². The molecule has 1 aromatic carbocycles. The molecule has 0 amide bonds. The average molecular weight is 284 g/mol. The number of nitrogen functional groups attached to an aromatic ring is 1. The number of hydrogen-bond donors (Lipinski definition) is 1. The number of nitrogens with two attached hydrogens (primary N) is 1. The van der Waals surface area contributed by atoms with Crippen molar-refractivity contribution in [2.45, 2.75) is 37.1 Å². The van der Waals surface area contributed by atoms with Gasteiger partial charge in [0.05, 0.1) is 7.11 Å². The van der Waals surface area contributed by atoms with Crippen LogP contribution in [0.4, 0.5) is 5.69 Å². The molecule has 1 saturated carbocycles. The van der Waals surface area contributed by atoms with Crippen LogP contribution in [0.15, 0.2) is 23.1 Å². The van der Waals surface area contributed by atoms with Crippen LogP contribution in [0.2, 0.25) is 0 Å². The van der Waals surface area contributed by atoms with Crippen LogP contribution in [0.5, 0.6) is 5.75 Å². The maximum absolute atomic E-state index is 12.7. The predicted molar refractivity (Wildman–Crippen MR) is 74.6 cm³/mol. The lowest BCUT2D eigenvalue weighted by Gasteiger charge is -2.22. The molecule has 2 rings (SSSR count). The van der Waals surface area contributed by atoms with Gasteiger partial charge in [-0.15, -0.1) is 0 Å². The van der Waals surface area contributed by atoms with Gasteiger partial charge in [-0.05, 0) is 31.4 Å². The van der Waals surface area contributed by atoms with Crippen molar-refractivity contribution in [3.63, 3.8) is 0 Å². The summed E-state index contributed by atoms with van der Waals surface area (Å²) in [5.74, 6) is 0.307. The molecule has 2 N–H and O–H groups in total. The van der Waals surface area contributed by atoms with E-state index in [1.54, 1.807) is 16.4 Å². The summed E-state index contributed by atoms with van der Waals surface area (Å²) in [6.07, 6.45) is 2.68. The van der Waals surface area contributed by atoms with E-state index in [0.29, 0.717) is 18.0 Å². The number of rotatable bonds is 6. The Labute approximate surface area is 114 Å². The molecule has 0 spiro atoms. The SMILES string of the molecule is CCCN(C1CC1)S(=O)(=O)c1ccc(N)cc1OC. The van der Waals surface area contributed by atoms with Crippen LogP contribution < -0.4 is 10.5 Å². The molecule has 1 aliphatic rings. The molecular formula is C13H20N2O3S. The average Bonchev–Trinajstić information content (AvgIpc) is 3.19. The second-order valence-electron chi connectivity index (χ2n) is 4.76. The van der Waals surface area contributed by atoms with Crippen LogP contribution in [0.1, 0.15) is 26.2 Å². The van der Waals surface area contributed by atoms with Crippen molar-refractivity contribution in [1.82, 2.24) is 4.31 Å². The van der Waals surface area contributed by atoms with E-state index in [9.17, 15) is 8.42 Å². The summed E-state index contributed by atoms with van der Waals surface area (Å²) in [6.45, 7) is 2.52. The molecule has 1 fully saturated rings. The first kappa shape index (κ1) is 14.1. The van der Waals surface area contributed by atoms with Crippen LogP contribution in [-0.2, 0) is 10.0 Å². The van der Waals surface area contributed by atoms with E-state index in [-0.39, 0.29) is 10.9 Å². The van der Waals surface area contributed by atoms with Crippen molar-refractivity contribution in [1.29, 1.82) is 0 Å². The largest absolute Gasteiger partial charge is 0.495 e. The van der Waals surface area contributed by atoms with Gasteiger partial charge in [-0.3, -0.25) is 0 Å². The van der Waals surface area contributed by atoms with E-state index in [0.717, 1.165) is 19.3 Å². The number of ether oxygens (including phenoxy) is 1. The summed E-state index contributed by atoms with van der Waals surface area (Å²) in [5, 5.41) is 0. The van der Waals surface area contributed by atoms with Gasteiger partial charge >= 0.3 is 0 Å². The van der Waals surface area contributed by atoms with Crippen LogP contribution in [0, 0.1) is 0 Å². The second kappa shape index (κ2) is 5.38. The number of benzene rings is 1. The van der Waals surface area contributed by atoms with E-state index in [1.165, 1.54) is 13.2 Å². The molecule has 6 heteroatoms. The highest BCUT2D eigenvalue weighted by Crippen LogP contribution is 2.35. The Morgan fingerprint density at radius 2 is 2.11 bits per heavy atom. The minimum absolute atomic E-state index is 0.146. The van der Waals surface area contributed by atoms with Crippen LogP contribution in [-0.4, -0.2) is 32.4 Å². The molecule has 0 atom stereocenters. The summed E-state index contributed by atoms with van der Waals surface area (Å²) < 4.78 is 32.1. The fraction of sp³-hybridized carbons (Fsp3) is 0.538. The Bertz CT molecular complexity index is 553. The van der Waals surface area contributed by atoms with Gasteiger partial charge in [-0.1, -0.05) is 6.92 Å². The first-order valence-corrected chi connectivity index (χ1v) is 7.90. The maximum Gasteiger partial charge on any atom is 0.247 e. The lowest BCUT2D eigenvalue weighted by atomic mass is 10.3. The molecular weight excluding hydrogens is 264 g/mol. The smallest absolute Gasteiger partial charge is 0.247 e. The molecule has 0 saturated heterocycles. The number of nitrogens with zero attached hydrogens (tertiary/aromatic N) is 1. The highest BCUT2D eigenvalue weighted by molar-refractivity contribution is 7.89. The van der Waals surface area contributed by atoms with Gasteiger partial charge in [-0.25, -0.2) is 8.42 Å². The topological polar surface area (TPSA) is 72.6 Å². The highest BCUT2D eigenvalue weighted by atomic mass is 32.2. The van der Waals surface area contributed by atoms with Gasteiger partial charge in [-0.2, -0.15) is 4.31 Å². The molecule has 0 bridgehead atoms. The standard InChI is InChI=1S/C13H20N2O3S/c1-3-8-15(11-5-6-11)19(16,17)13-7-4-10(14)9-12(13)18-2/h4,7,9,11H,3,5-6,8,14H2,1-2H3. The van der Waals surface area contributed by atoms with E-state index >= 15 is 0 Å². The van der Waals surface area contributed by atoms with E-state index in [1.807, 2.05) is 6.92 Å². The van der Waals surface area contributed by atoms with Crippen molar-refractivity contribution in [3.8, 4) is 5.75 Å². The Hall–Kier alpha value is -1.27. The summed E-state index contributed by atoms with van der Waals surface area (Å²) >= 11 is 0. The summed E-state index contributed by atoms with van der Waals surface area (Å²) in [5.41, 5.74) is 6.15. The van der Waals surface area contributed by atoms with Crippen molar-refractivity contribution in [2.75, 3.05) is 19.4 Å². The first-order chi connectivity index (χ1) is 9.00. The van der Waals surface area contributed by atoms with Crippen molar-refractivity contribution in [2.24, 2.45) is 0 Å². The van der Waals surface area contributed by atoms with Gasteiger partial charge in [0, 0.05) is 24.3 Å². The zero-order valence-electron chi connectivity index (χ0n) is 11.3. The van der Waals surface area contributed by atoms with Crippen molar-refractivity contribution < 1.29 is 13.2 Å². The molecule has 106 valence electrons. The highest BCUT2D eigenvalue weighted by Gasteiger charge is 2.38. The molecule has 1 aliphatic carbocycles. The minimum Gasteiger partial charge on any atom is -0.495 e. The van der Waals surface area contributed by atoms with Gasteiger partial charge < -0.3 is 10.5 Å². The van der Waals surface area contributed by atoms with E-state index in [2.05, 4.69) is 0 Å². The quantitative estimate of drug-likeness (QED) is 0.809. The summed E-state index contributed by atoms with van der Waals surface area (Å²) in [6, 6.07) is 4.80. The zero-order chi connectivity index (χ0) is 14.0. The second-order valence-corrected chi connectivity index (χ2v) is 6.62. The molecule has 0 unspecified atom stereocenters. The summed E-state index contributed by atoms with van der Waals surface area (Å²) in [7, 11) is -2.05. The third-order valence-electron chi connectivity index (χ3n) is 3.17. The molecule has 0 heterocycles. The Kier molecular flexibility index (Phi) is 4.01. The number of sulfonamides is 1. The van der Waals surface area contributed by atoms with Gasteiger partial charge in [0.2, 0.25) is 10.0 Å². The Balaban J connectivity index is 2.42. The fourth-order valence-corrected chi connectivity index (χ4v) is 4.02. The zero-order valence-corrected chi connectivity index (χ0v) is 12.1. The molecule has 19 heavy (non-hydrogen) atoms. The number of anilines is 1. The Morgan fingerprint density at radius 3 is 2.63 bits per heavy atom.